The van der Waals surface area contributed by atoms with Crippen LogP contribution in [0.25, 0.3) is 22.8 Å². The van der Waals surface area contributed by atoms with E-state index in [1.54, 1.807) is 48.8 Å². The highest BCUT2D eigenvalue weighted by Gasteiger charge is 2.16. The lowest BCUT2D eigenvalue weighted by Crippen LogP contribution is -2.20. The van der Waals surface area contributed by atoms with Crippen LogP contribution < -0.4 is 10.1 Å². The van der Waals surface area contributed by atoms with E-state index < -0.39 is 10.8 Å². The summed E-state index contributed by atoms with van der Waals surface area (Å²) in [6, 6.07) is 16.0. The molecule has 1 amide bonds. The third-order valence-electron chi connectivity index (χ3n) is 4.21. The number of hydrogen-bond acceptors (Lipinski definition) is 8. The number of amides is 1. The van der Waals surface area contributed by atoms with Crippen molar-refractivity contribution in [1.29, 1.82) is 0 Å². The maximum Gasteiger partial charge on any atom is 0.269 e. The average molecular weight is 417 g/mol. The molecule has 31 heavy (non-hydrogen) atoms. The van der Waals surface area contributed by atoms with E-state index in [0.717, 1.165) is 5.56 Å². The fourth-order valence-electron chi connectivity index (χ4n) is 2.73. The van der Waals surface area contributed by atoms with E-state index in [-0.39, 0.29) is 18.2 Å². The van der Waals surface area contributed by atoms with Gasteiger partial charge in [0.2, 0.25) is 5.82 Å². The molecule has 0 saturated heterocycles. The van der Waals surface area contributed by atoms with Crippen molar-refractivity contribution in [3.05, 3.63) is 83.2 Å². The van der Waals surface area contributed by atoms with E-state index in [1.807, 2.05) is 0 Å². The van der Waals surface area contributed by atoms with E-state index in [0.29, 0.717) is 22.8 Å². The number of rotatable bonds is 7. The lowest BCUT2D eigenvalue weighted by molar-refractivity contribution is -0.384. The van der Waals surface area contributed by atoms with Crippen LogP contribution in [0, 0.1) is 10.1 Å². The Bertz CT molecular complexity index is 1210. The number of benzene rings is 2. The van der Waals surface area contributed by atoms with Gasteiger partial charge in [0.15, 0.2) is 6.61 Å². The first kappa shape index (κ1) is 19.7. The Morgan fingerprint density at radius 1 is 1.06 bits per heavy atom. The van der Waals surface area contributed by atoms with E-state index in [9.17, 15) is 14.9 Å². The molecule has 2 heterocycles. The normalized spacial score (nSPS) is 10.5. The highest BCUT2D eigenvalue weighted by atomic mass is 16.6. The number of nitro groups is 1. The van der Waals surface area contributed by atoms with Gasteiger partial charge in [0, 0.05) is 30.1 Å². The summed E-state index contributed by atoms with van der Waals surface area (Å²) in [5.41, 5.74) is 1.73. The van der Waals surface area contributed by atoms with Crippen LogP contribution in [0.4, 0.5) is 11.4 Å². The highest BCUT2D eigenvalue weighted by molar-refractivity contribution is 5.95. The van der Waals surface area contributed by atoms with Gasteiger partial charge in [-0.1, -0.05) is 17.3 Å². The van der Waals surface area contributed by atoms with E-state index in [2.05, 4.69) is 20.4 Å². The third-order valence-corrected chi connectivity index (χ3v) is 4.21. The van der Waals surface area contributed by atoms with Crippen LogP contribution in [-0.2, 0) is 4.79 Å². The second-order valence-corrected chi connectivity index (χ2v) is 6.29. The number of carbonyl (C=O) groups excluding carboxylic acids is 1. The number of non-ortho nitro benzene ring substituents is 1. The molecule has 0 aliphatic carbocycles. The first-order valence-electron chi connectivity index (χ1n) is 9.11. The lowest BCUT2D eigenvalue weighted by Gasteiger charge is -2.09. The zero-order chi connectivity index (χ0) is 21.6. The number of ether oxygens (including phenoxy) is 1. The van der Waals surface area contributed by atoms with Gasteiger partial charge in [0.05, 0.1) is 16.2 Å². The molecule has 0 atom stereocenters. The summed E-state index contributed by atoms with van der Waals surface area (Å²) in [6.07, 6.45) is 3.26. The van der Waals surface area contributed by atoms with Crippen LogP contribution >= 0.6 is 0 Å². The monoisotopic (exact) mass is 417 g/mol. The van der Waals surface area contributed by atoms with Crippen molar-refractivity contribution in [3.63, 3.8) is 0 Å². The Balaban J connectivity index is 1.44. The van der Waals surface area contributed by atoms with Crippen LogP contribution in [0.1, 0.15) is 0 Å². The molecule has 4 rings (SSSR count). The SMILES string of the molecule is O=C(COc1ccc([N+](=O)[O-])cc1)Nc1ccccc1-c1nc(-c2ccncc2)no1. The van der Waals surface area contributed by atoms with Crippen LogP contribution in [-0.4, -0.2) is 32.6 Å². The van der Waals surface area contributed by atoms with Crippen molar-refractivity contribution < 1.29 is 19.0 Å². The Hall–Kier alpha value is -4.60. The summed E-state index contributed by atoms with van der Waals surface area (Å²) in [5, 5.41) is 17.4. The number of nitrogens with one attached hydrogen (secondary N) is 1. The predicted octanol–water partition coefficient (Wildman–Crippen LogP) is 3.72. The molecular weight excluding hydrogens is 402 g/mol. The number of hydrogen-bond donors (Lipinski definition) is 1. The van der Waals surface area contributed by atoms with Gasteiger partial charge in [0.1, 0.15) is 5.75 Å². The van der Waals surface area contributed by atoms with Crippen LogP contribution in [0.2, 0.25) is 0 Å². The molecule has 10 nitrogen and oxygen atoms in total. The first-order valence-corrected chi connectivity index (χ1v) is 9.11. The van der Waals surface area contributed by atoms with Gasteiger partial charge >= 0.3 is 0 Å². The molecule has 10 heteroatoms. The summed E-state index contributed by atoms with van der Waals surface area (Å²) in [4.78, 5) is 30.9. The number of nitrogens with zero attached hydrogens (tertiary/aromatic N) is 4. The van der Waals surface area contributed by atoms with E-state index in [1.165, 1.54) is 24.3 Å². The quantitative estimate of drug-likeness (QED) is 0.355. The number of nitro benzene ring substituents is 1. The van der Waals surface area contributed by atoms with Crippen molar-refractivity contribution in [3.8, 4) is 28.6 Å². The minimum atomic E-state index is -0.509. The molecule has 2 aromatic carbocycles. The average Bonchev–Trinajstić information content (AvgIpc) is 3.29. The number of aromatic nitrogens is 3. The first-order chi connectivity index (χ1) is 15.1. The van der Waals surface area contributed by atoms with Gasteiger partial charge in [0.25, 0.3) is 17.5 Å². The lowest BCUT2D eigenvalue weighted by atomic mass is 10.1. The third kappa shape index (κ3) is 4.70. The topological polar surface area (TPSA) is 133 Å². The molecule has 154 valence electrons. The van der Waals surface area contributed by atoms with Crippen molar-refractivity contribution in [1.82, 2.24) is 15.1 Å². The highest BCUT2D eigenvalue weighted by Crippen LogP contribution is 2.28. The Morgan fingerprint density at radius 2 is 1.81 bits per heavy atom. The van der Waals surface area contributed by atoms with Crippen LogP contribution in [0.5, 0.6) is 5.75 Å². The van der Waals surface area contributed by atoms with Crippen LogP contribution in [0.15, 0.2) is 77.6 Å². The summed E-state index contributed by atoms with van der Waals surface area (Å²) < 4.78 is 10.8. The molecule has 0 spiro atoms. The molecule has 1 N–H and O–H groups in total. The summed E-state index contributed by atoms with van der Waals surface area (Å²) in [7, 11) is 0. The van der Waals surface area contributed by atoms with Crippen molar-refractivity contribution in [2.45, 2.75) is 0 Å². The fourth-order valence-corrected chi connectivity index (χ4v) is 2.73. The summed E-state index contributed by atoms with van der Waals surface area (Å²) in [5.74, 6) is 0.576. The predicted molar refractivity (Wildman–Crippen MR) is 110 cm³/mol. The number of pyridine rings is 1. The van der Waals surface area contributed by atoms with Crippen molar-refractivity contribution in [2.75, 3.05) is 11.9 Å². The van der Waals surface area contributed by atoms with Gasteiger partial charge in [-0.05, 0) is 36.4 Å². The van der Waals surface area contributed by atoms with Gasteiger partial charge in [-0.3, -0.25) is 19.9 Å². The van der Waals surface area contributed by atoms with E-state index in [4.69, 9.17) is 9.26 Å². The molecule has 0 aliphatic rings. The van der Waals surface area contributed by atoms with Gasteiger partial charge in [-0.15, -0.1) is 0 Å². The Labute approximate surface area is 175 Å². The zero-order valence-corrected chi connectivity index (χ0v) is 16.0. The Morgan fingerprint density at radius 3 is 2.55 bits per heavy atom. The number of carbonyl (C=O) groups is 1. The molecule has 2 aromatic heterocycles. The summed E-state index contributed by atoms with van der Waals surface area (Å²) >= 11 is 0. The maximum absolute atomic E-state index is 12.4. The number of anilines is 1. The molecule has 0 bridgehead atoms. The summed E-state index contributed by atoms with van der Waals surface area (Å²) in [6.45, 7) is -0.280. The molecular formula is C21H15N5O5. The zero-order valence-electron chi connectivity index (χ0n) is 16.0. The maximum atomic E-state index is 12.4. The molecule has 0 radical (unpaired) electrons. The fraction of sp³-hybridized carbons (Fsp3) is 0.0476. The van der Waals surface area contributed by atoms with Crippen LogP contribution in [0.3, 0.4) is 0 Å². The smallest absolute Gasteiger partial charge is 0.269 e. The van der Waals surface area contributed by atoms with Crippen molar-refractivity contribution >= 4 is 17.3 Å². The minimum absolute atomic E-state index is 0.0589. The molecule has 0 saturated carbocycles. The molecule has 0 aliphatic heterocycles. The number of para-hydroxylation sites is 1. The standard InChI is InChI=1S/C21H15N5O5/c27-19(13-30-16-7-5-15(6-8-16)26(28)29)23-18-4-2-1-3-17(18)21-24-20(25-31-21)14-9-11-22-12-10-14/h1-12H,13H2,(H,23,27). The molecule has 0 fully saturated rings. The van der Waals surface area contributed by atoms with Crippen molar-refractivity contribution in [2.24, 2.45) is 0 Å². The van der Waals surface area contributed by atoms with Gasteiger partial charge in [-0.2, -0.15) is 4.98 Å². The minimum Gasteiger partial charge on any atom is -0.484 e. The Kier molecular flexibility index (Phi) is 5.61. The second kappa shape index (κ2) is 8.82. The van der Waals surface area contributed by atoms with Gasteiger partial charge < -0.3 is 14.6 Å². The molecule has 4 aromatic rings. The van der Waals surface area contributed by atoms with Gasteiger partial charge in [-0.25, -0.2) is 0 Å². The largest absolute Gasteiger partial charge is 0.484 e. The second-order valence-electron chi connectivity index (χ2n) is 6.29. The molecule has 0 unspecified atom stereocenters. The van der Waals surface area contributed by atoms with E-state index >= 15 is 0 Å².